The van der Waals surface area contributed by atoms with Crippen molar-refractivity contribution in [2.45, 2.75) is 31.6 Å². The molecule has 2 aromatic rings. The lowest BCUT2D eigenvalue weighted by Gasteiger charge is -2.13. The molecule has 0 aliphatic heterocycles. The number of furan rings is 1. The molecular weight excluding hydrogens is 278 g/mol. The molecular formula is C14H17NO4S. The van der Waals surface area contributed by atoms with Crippen molar-refractivity contribution < 1.29 is 17.9 Å². The van der Waals surface area contributed by atoms with Gasteiger partial charge in [-0.1, -0.05) is 29.8 Å². The molecule has 0 fully saturated rings. The van der Waals surface area contributed by atoms with E-state index in [1.807, 2.05) is 31.2 Å². The van der Waals surface area contributed by atoms with Crippen LogP contribution in [-0.2, 0) is 16.6 Å². The monoisotopic (exact) mass is 295 g/mol. The molecule has 2 N–H and O–H groups in total. The second-order valence-corrected chi connectivity index (χ2v) is 6.28. The van der Waals surface area contributed by atoms with Crippen molar-refractivity contribution >= 4 is 10.0 Å². The number of aliphatic hydroxyl groups excluding tert-OH is 1. The number of aliphatic hydroxyl groups is 1. The Hall–Kier alpha value is -1.63. The largest absolute Gasteiger partial charge is 0.446 e. The average Bonchev–Trinajstić information content (AvgIpc) is 2.88. The van der Waals surface area contributed by atoms with Crippen LogP contribution in [0.25, 0.3) is 0 Å². The molecule has 5 nitrogen and oxygen atoms in total. The second kappa shape index (κ2) is 5.78. The van der Waals surface area contributed by atoms with Crippen LogP contribution in [0.4, 0.5) is 0 Å². The maximum atomic E-state index is 12.1. The number of hydrogen-bond acceptors (Lipinski definition) is 4. The van der Waals surface area contributed by atoms with Gasteiger partial charge in [0.2, 0.25) is 5.09 Å². The summed E-state index contributed by atoms with van der Waals surface area (Å²) in [5.74, 6) is 0.216. The Labute approximate surface area is 118 Å². The van der Waals surface area contributed by atoms with Gasteiger partial charge in [-0.15, -0.1) is 0 Å². The van der Waals surface area contributed by atoms with Crippen LogP contribution in [0.2, 0.25) is 0 Å². The van der Waals surface area contributed by atoms with Gasteiger partial charge in [0, 0.05) is 6.04 Å². The average molecular weight is 295 g/mol. The summed E-state index contributed by atoms with van der Waals surface area (Å²) in [5.41, 5.74) is 1.98. The Kier molecular flexibility index (Phi) is 4.27. The summed E-state index contributed by atoms with van der Waals surface area (Å²) in [6.07, 6.45) is 0. The first-order valence-electron chi connectivity index (χ1n) is 6.21. The zero-order valence-corrected chi connectivity index (χ0v) is 12.1. The minimum absolute atomic E-state index is 0.194. The van der Waals surface area contributed by atoms with Crippen LogP contribution in [0.3, 0.4) is 0 Å². The van der Waals surface area contributed by atoms with E-state index in [4.69, 9.17) is 9.52 Å². The predicted molar refractivity (Wildman–Crippen MR) is 74.5 cm³/mol. The third-order valence-corrected chi connectivity index (χ3v) is 4.38. The summed E-state index contributed by atoms with van der Waals surface area (Å²) in [7, 11) is -3.73. The molecule has 108 valence electrons. The van der Waals surface area contributed by atoms with Crippen LogP contribution in [0.15, 0.2) is 45.9 Å². The van der Waals surface area contributed by atoms with Gasteiger partial charge in [0.1, 0.15) is 12.4 Å². The summed E-state index contributed by atoms with van der Waals surface area (Å²) in [6, 6.07) is 10.0. The zero-order chi connectivity index (χ0) is 14.8. The van der Waals surface area contributed by atoms with Crippen molar-refractivity contribution in [2.75, 3.05) is 0 Å². The second-order valence-electron chi connectivity index (χ2n) is 4.63. The number of sulfonamides is 1. The van der Waals surface area contributed by atoms with Crippen LogP contribution in [-0.4, -0.2) is 13.5 Å². The molecule has 0 spiro atoms. The lowest BCUT2D eigenvalue weighted by Crippen LogP contribution is -2.26. The number of rotatable bonds is 5. The van der Waals surface area contributed by atoms with Gasteiger partial charge in [-0.3, -0.25) is 0 Å². The molecule has 0 aliphatic rings. The molecule has 2 rings (SSSR count). The molecule has 0 amide bonds. The highest BCUT2D eigenvalue weighted by molar-refractivity contribution is 7.89. The molecule has 1 unspecified atom stereocenters. The predicted octanol–water partition coefficient (Wildman–Crippen LogP) is 2.12. The van der Waals surface area contributed by atoms with Crippen molar-refractivity contribution in [3.8, 4) is 0 Å². The van der Waals surface area contributed by atoms with Crippen molar-refractivity contribution in [3.05, 3.63) is 53.3 Å². The normalized spacial score (nSPS) is 13.3. The number of hydrogen-bond donors (Lipinski definition) is 2. The Morgan fingerprint density at radius 2 is 1.85 bits per heavy atom. The fourth-order valence-electron chi connectivity index (χ4n) is 1.80. The summed E-state index contributed by atoms with van der Waals surface area (Å²) in [4.78, 5) is 0. The summed E-state index contributed by atoms with van der Waals surface area (Å²) >= 11 is 0. The third kappa shape index (κ3) is 3.27. The standard InChI is InChI=1S/C14H17NO4S/c1-10-3-5-12(6-4-10)11(2)15-20(17,18)14-8-7-13(9-16)19-14/h3-8,11,15-16H,9H2,1-2H3. The number of benzene rings is 1. The van der Waals surface area contributed by atoms with Crippen LogP contribution in [0, 0.1) is 6.92 Å². The summed E-state index contributed by atoms with van der Waals surface area (Å²) in [5, 5.41) is 8.70. The maximum Gasteiger partial charge on any atom is 0.274 e. The highest BCUT2D eigenvalue weighted by Gasteiger charge is 2.21. The van der Waals surface area contributed by atoms with Gasteiger partial charge in [-0.25, -0.2) is 13.1 Å². The molecule has 1 aromatic carbocycles. The summed E-state index contributed by atoms with van der Waals surface area (Å²) in [6.45, 7) is 3.40. The van der Waals surface area contributed by atoms with E-state index in [2.05, 4.69) is 4.72 Å². The van der Waals surface area contributed by atoms with Gasteiger partial charge in [0.25, 0.3) is 10.0 Å². The van der Waals surface area contributed by atoms with E-state index in [9.17, 15) is 8.42 Å². The molecule has 0 aliphatic carbocycles. The molecule has 0 saturated heterocycles. The van der Waals surface area contributed by atoms with Gasteiger partial charge in [-0.05, 0) is 31.5 Å². The molecule has 20 heavy (non-hydrogen) atoms. The fraction of sp³-hybridized carbons (Fsp3) is 0.286. The Bertz CT molecular complexity index is 673. The highest BCUT2D eigenvalue weighted by atomic mass is 32.2. The van der Waals surface area contributed by atoms with E-state index in [0.717, 1.165) is 11.1 Å². The van der Waals surface area contributed by atoms with Crippen molar-refractivity contribution in [2.24, 2.45) is 0 Å². The fourth-order valence-corrected chi connectivity index (χ4v) is 2.98. The van der Waals surface area contributed by atoms with E-state index in [1.165, 1.54) is 12.1 Å². The van der Waals surface area contributed by atoms with Crippen LogP contribution < -0.4 is 4.72 Å². The Morgan fingerprint density at radius 3 is 2.40 bits per heavy atom. The van der Waals surface area contributed by atoms with Gasteiger partial charge in [-0.2, -0.15) is 0 Å². The van der Waals surface area contributed by atoms with Gasteiger partial charge >= 0.3 is 0 Å². The zero-order valence-electron chi connectivity index (χ0n) is 11.3. The smallest absolute Gasteiger partial charge is 0.274 e. The Balaban J connectivity index is 2.17. The first-order chi connectivity index (χ1) is 9.42. The minimum atomic E-state index is -3.73. The van der Waals surface area contributed by atoms with E-state index in [0.29, 0.717) is 0 Å². The molecule has 0 radical (unpaired) electrons. The number of nitrogens with one attached hydrogen (secondary N) is 1. The SMILES string of the molecule is Cc1ccc(C(C)NS(=O)(=O)c2ccc(CO)o2)cc1. The Morgan fingerprint density at radius 1 is 1.20 bits per heavy atom. The quantitative estimate of drug-likeness (QED) is 0.885. The van der Waals surface area contributed by atoms with E-state index >= 15 is 0 Å². The van der Waals surface area contributed by atoms with E-state index in [1.54, 1.807) is 6.92 Å². The first-order valence-corrected chi connectivity index (χ1v) is 7.69. The van der Waals surface area contributed by atoms with Gasteiger partial charge < -0.3 is 9.52 Å². The molecule has 1 heterocycles. The molecule has 6 heteroatoms. The highest BCUT2D eigenvalue weighted by Crippen LogP contribution is 2.19. The van der Waals surface area contributed by atoms with E-state index in [-0.39, 0.29) is 23.5 Å². The van der Waals surface area contributed by atoms with Crippen molar-refractivity contribution in [1.29, 1.82) is 0 Å². The van der Waals surface area contributed by atoms with Crippen molar-refractivity contribution in [3.63, 3.8) is 0 Å². The van der Waals surface area contributed by atoms with Crippen LogP contribution >= 0.6 is 0 Å². The first kappa shape index (κ1) is 14.8. The lowest BCUT2D eigenvalue weighted by molar-refractivity contribution is 0.236. The topological polar surface area (TPSA) is 79.5 Å². The minimum Gasteiger partial charge on any atom is -0.446 e. The van der Waals surface area contributed by atoms with Gasteiger partial charge in [0.05, 0.1) is 0 Å². The van der Waals surface area contributed by atoms with Crippen LogP contribution in [0.5, 0.6) is 0 Å². The summed E-state index contributed by atoms with van der Waals surface area (Å²) < 4.78 is 31.8. The molecule has 1 atom stereocenters. The lowest BCUT2D eigenvalue weighted by atomic mass is 10.1. The molecule has 0 saturated carbocycles. The van der Waals surface area contributed by atoms with Crippen LogP contribution in [0.1, 0.15) is 29.9 Å². The molecule has 0 bridgehead atoms. The third-order valence-electron chi connectivity index (χ3n) is 2.97. The maximum absolute atomic E-state index is 12.1. The van der Waals surface area contributed by atoms with Crippen molar-refractivity contribution in [1.82, 2.24) is 4.72 Å². The van der Waals surface area contributed by atoms with Gasteiger partial charge in [0.15, 0.2) is 0 Å². The molecule has 1 aromatic heterocycles. The van der Waals surface area contributed by atoms with E-state index < -0.39 is 10.0 Å². The number of aryl methyl sites for hydroxylation is 1.